The first kappa shape index (κ1) is 17.4. The topological polar surface area (TPSA) is 50.4 Å². The van der Waals surface area contributed by atoms with Crippen LogP contribution < -0.4 is 10.6 Å². The number of hydrogen-bond donors (Lipinski definition) is 2. The molecular formula is C16H32N2O2. The van der Waals surface area contributed by atoms with E-state index in [1.807, 2.05) is 13.8 Å². The molecule has 0 bridgehead atoms. The SMILES string of the molecule is CC(C)COC1CC(NCCC(=O)NC(C)C)C1(C)C. The van der Waals surface area contributed by atoms with Gasteiger partial charge in [-0.05, 0) is 26.2 Å². The molecule has 0 aromatic rings. The Balaban J connectivity index is 2.22. The Hall–Kier alpha value is -0.610. The summed E-state index contributed by atoms with van der Waals surface area (Å²) in [6, 6.07) is 0.669. The highest BCUT2D eigenvalue weighted by atomic mass is 16.5. The number of amides is 1. The van der Waals surface area contributed by atoms with Crippen molar-refractivity contribution in [1.29, 1.82) is 0 Å². The number of carbonyl (C=O) groups is 1. The molecule has 20 heavy (non-hydrogen) atoms. The molecule has 1 amide bonds. The predicted octanol–water partition coefficient (Wildman–Crippen LogP) is 2.33. The Morgan fingerprint density at radius 2 is 1.95 bits per heavy atom. The lowest BCUT2D eigenvalue weighted by Gasteiger charge is -2.52. The molecule has 4 nitrogen and oxygen atoms in total. The van der Waals surface area contributed by atoms with Crippen molar-refractivity contribution < 1.29 is 9.53 Å². The fourth-order valence-electron chi connectivity index (χ4n) is 2.58. The molecule has 4 heteroatoms. The molecule has 1 aliphatic carbocycles. The summed E-state index contributed by atoms with van der Waals surface area (Å²) in [5, 5.41) is 6.40. The Kier molecular flexibility index (Phi) is 6.46. The molecule has 1 saturated carbocycles. The molecule has 2 unspecified atom stereocenters. The minimum absolute atomic E-state index is 0.122. The van der Waals surface area contributed by atoms with Gasteiger partial charge in [0.15, 0.2) is 0 Å². The maximum atomic E-state index is 11.6. The smallest absolute Gasteiger partial charge is 0.221 e. The normalized spacial score (nSPS) is 24.8. The summed E-state index contributed by atoms with van der Waals surface area (Å²) in [6.45, 7) is 14.4. The van der Waals surface area contributed by atoms with Crippen LogP contribution >= 0.6 is 0 Å². The van der Waals surface area contributed by atoms with Gasteiger partial charge >= 0.3 is 0 Å². The van der Waals surface area contributed by atoms with E-state index in [1.54, 1.807) is 0 Å². The fourth-order valence-corrected chi connectivity index (χ4v) is 2.58. The van der Waals surface area contributed by atoms with Crippen LogP contribution in [0.15, 0.2) is 0 Å². The predicted molar refractivity (Wildman–Crippen MR) is 82.7 cm³/mol. The van der Waals surface area contributed by atoms with Crippen LogP contribution in [0.4, 0.5) is 0 Å². The zero-order valence-electron chi connectivity index (χ0n) is 14.0. The second-order valence-corrected chi connectivity index (χ2v) is 7.25. The third-order valence-corrected chi connectivity index (χ3v) is 4.00. The van der Waals surface area contributed by atoms with Crippen LogP contribution in [0.5, 0.6) is 0 Å². The molecule has 0 radical (unpaired) electrons. The lowest BCUT2D eigenvalue weighted by atomic mass is 9.64. The minimum Gasteiger partial charge on any atom is -0.377 e. The molecule has 0 aliphatic heterocycles. The van der Waals surface area contributed by atoms with Gasteiger partial charge < -0.3 is 15.4 Å². The summed E-state index contributed by atoms with van der Waals surface area (Å²) in [5.74, 6) is 0.703. The molecule has 0 saturated heterocycles. The van der Waals surface area contributed by atoms with E-state index in [9.17, 15) is 4.79 Å². The first-order valence-corrected chi connectivity index (χ1v) is 7.87. The standard InChI is InChI=1S/C16H32N2O2/c1-11(2)10-20-14-9-13(16(14,5)6)17-8-7-15(19)18-12(3)4/h11-14,17H,7-10H2,1-6H3,(H,18,19). The van der Waals surface area contributed by atoms with Gasteiger partial charge in [-0.15, -0.1) is 0 Å². The lowest BCUT2D eigenvalue weighted by Crippen LogP contribution is -2.61. The van der Waals surface area contributed by atoms with Crippen molar-refractivity contribution >= 4 is 5.91 Å². The average molecular weight is 284 g/mol. The molecule has 118 valence electrons. The number of hydrogen-bond acceptors (Lipinski definition) is 3. The van der Waals surface area contributed by atoms with E-state index in [0.29, 0.717) is 24.5 Å². The van der Waals surface area contributed by atoms with Crippen molar-refractivity contribution in [2.24, 2.45) is 11.3 Å². The second kappa shape index (κ2) is 7.41. The quantitative estimate of drug-likeness (QED) is 0.719. The average Bonchev–Trinajstić information content (AvgIpc) is 2.30. The van der Waals surface area contributed by atoms with Crippen molar-refractivity contribution in [2.45, 2.75) is 72.6 Å². The Morgan fingerprint density at radius 1 is 1.30 bits per heavy atom. The van der Waals surface area contributed by atoms with Crippen molar-refractivity contribution in [2.75, 3.05) is 13.2 Å². The summed E-state index contributed by atoms with van der Waals surface area (Å²) in [6.07, 6.45) is 1.93. The van der Waals surface area contributed by atoms with E-state index in [1.165, 1.54) is 0 Å². The van der Waals surface area contributed by atoms with Crippen LogP contribution in [0, 0.1) is 11.3 Å². The largest absolute Gasteiger partial charge is 0.377 e. The van der Waals surface area contributed by atoms with Crippen LogP contribution in [0.25, 0.3) is 0 Å². The van der Waals surface area contributed by atoms with E-state index in [2.05, 4.69) is 38.3 Å². The summed E-state index contributed by atoms with van der Waals surface area (Å²) >= 11 is 0. The first-order chi connectivity index (χ1) is 9.23. The van der Waals surface area contributed by atoms with Gasteiger partial charge in [-0.2, -0.15) is 0 Å². The molecule has 2 N–H and O–H groups in total. The Bertz CT molecular complexity index is 314. The number of ether oxygens (including phenoxy) is 1. The molecular weight excluding hydrogens is 252 g/mol. The summed E-state index contributed by atoms with van der Waals surface area (Å²) < 4.78 is 5.95. The molecule has 1 aliphatic rings. The fraction of sp³-hybridized carbons (Fsp3) is 0.938. The summed E-state index contributed by atoms with van der Waals surface area (Å²) in [5.41, 5.74) is 0.156. The highest BCUT2D eigenvalue weighted by Gasteiger charge is 2.48. The van der Waals surface area contributed by atoms with E-state index in [4.69, 9.17) is 4.74 Å². The van der Waals surface area contributed by atoms with Gasteiger partial charge in [-0.3, -0.25) is 4.79 Å². The van der Waals surface area contributed by atoms with Crippen molar-refractivity contribution in [3.8, 4) is 0 Å². The van der Waals surface area contributed by atoms with E-state index in [0.717, 1.165) is 19.6 Å². The second-order valence-electron chi connectivity index (χ2n) is 7.25. The van der Waals surface area contributed by atoms with Gasteiger partial charge in [-0.1, -0.05) is 27.7 Å². The molecule has 0 aromatic heterocycles. The van der Waals surface area contributed by atoms with Gasteiger partial charge in [0.2, 0.25) is 5.91 Å². The zero-order valence-corrected chi connectivity index (χ0v) is 14.0. The molecule has 0 aromatic carbocycles. The molecule has 0 spiro atoms. The van der Waals surface area contributed by atoms with E-state index >= 15 is 0 Å². The van der Waals surface area contributed by atoms with E-state index < -0.39 is 0 Å². The third kappa shape index (κ3) is 5.06. The number of rotatable bonds is 8. The van der Waals surface area contributed by atoms with E-state index in [-0.39, 0.29) is 17.4 Å². The lowest BCUT2D eigenvalue weighted by molar-refractivity contribution is -0.126. The monoisotopic (exact) mass is 284 g/mol. The molecule has 2 atom stereocenters. The van der Waals surface area contributed by atoms with Crippen LogP contribution in [-0.4, -0.2) is 37.2 Å². The third-order valence-electron chi connectivity index (χ3n) is 4.00. The van der Waals surface area contributed by atoms with Crippen LogP contribution in [0.2, 0.25) is 0 Å². The minimum atomic E-state index is 0.122. The molecule has 1 fully saturated rings. The van der Waals surface area contributed by atoms with Crippen LogP contribution in [0.1, 0.15) is 54.4 Å². The van der Waals surface area contributed by atoms with Gasteiger partial charge in [0.25, 0.3) is 0 Å². The van der Waals surface area contributed by atoms with Crippen molar-refractivity contribution in [3.05, 3.63) is 0 Å². The van der Waals surface area contributed by atoms with Crippen LogP contribution in [-0.2, 0) is 9.53 Å². The first-order valence-electron chi connectivity index (χ1n) is 7.87. The maximum Gasteiger partial charge on any atom is 0.221 e. The summed E-state index contributed by atoms with van der Waals surface area (Å²) in [4.78, 5) is 11.6. The maximum absolute atomic E-state index is 11.6. The highest BCUT2D eigenvalue weighted by Crippen LogP contribution is 2.42. The number of nitrogens with one attached hydrogen (secondary N) is 2. The van der Waals surface area contributed by atoms with Gasteiger partial charge in [0, 0.05) is 37.1 Å². The Labute approximate surface area is 124 Å². The van der Waals surface area contributed by atoms with Crippen LogP contribution in [0.3, 0.4) is 0 Å². The molecule has 0 heterocycles. The molecule has 1 rings (SSSR count). The highest BCUT2D eigenvalue weighted by molar-refractivity contribution is 5.76. The Morgan fingerprint density at radius 3 is 2.45 bits per heavy atom. The summed E-state index contributed by atoms with van der Waals surface area (Å²) in [7, 11) is 0. The van der Waals surface area contributed by atoms with Crippen molar-refractivity contribution in [3.63, 3.8) is 0 Å². The zero-order chi connectivity index (χ0) is 15.3. The van der Waals surface area contributed by atoms with Crippen molar-refractivity contribution in [1.82, 2.24) is 10.6 Å². The number of carbonyl (C=O) groups excluding carboxylic acids is 1. The van der Waals surface area contributed by atoms with Gasteiger partial charge in [-0.25, -0.2) is 0 Å². The van der Waals surface area contributed by atoms with Gasteiger partial charge in [0.05, 0.1) is 6.10 Å². The van der Waals surface area contributed by atoms with Gasteiger partial charge in [0.1, 0.15) is 0 Å².